The molecule has 1 aromatic carbocycles. The van der Waals surface area contributed by atoms with Crippen LogP contribution in [0.2, 0.25) is 0 Å². The topological polar surface area (TPSA) is 118 Å². The Balaban J connectivity index is 1.23. The lowest BCUT2D eigenvalue weighted by Gasteiger charge is -2.34. The van der Waals surface area contributed by atoms with Crippen molar-refractivity contribution < 1.29 is 18.7 Å². The van der Waals surface area contributed by atoms with Crippen LogP contribution in [0.25, 0.3) is 11.4 Å². The number of hydrogen-bond donors (Lipinski definition) is 1. The predicted molar refractivity (Wildman–Crippen MR) is 124 cm³/mol. The standard InChI is InChI=1S/C23H25FN8O3/c1-15(33)26-13-19-14-31(23(34)35-19)18-2-3-21(20(24)12-18)30-10-6-17(7-11-30)32-22(27-28-29-32)16-4-8-25-9-5-16/h2-5,8-9,12,17,19H,6-7,10-11,13-14H2,1H3,(H,26,33)/t19-/m0/s1. The SMILES string of the molecule is CC(=O)NC[C@H]1CN(c2ccc(N3CCC(n4nnnc4-c4ccncc4)CC3)c(F)c2)C(=O)O1. The molecule has 0 spiro atoms. The number of benzene rings is 1. The number of carbonyl (C=O) groups is 2. The number of rotatable bonds is 6. The summed E-state index contributed by atoms with van der Waals surface area (Å²) >= 11 is 0. The molecule has 0 unspecified atom stereocenters. The van der Waals surface area contributed by atoms with E-state index < -0.39 is 18.0 Å². The maximum atomic E-state index is 15.1. The summed E-state index contributed by atoms with van der Waals surface area (Å²) in [6.07, 6.45) is 3.89. The third-order valence-electron chi connectivity index (χ3n) is 6.28. The van der Waals surface area contributed by atoms with E-state index in [0.717, 1.165) is 18.4 Å². The first-order chi connectivity index (χ1) is 17.0. The predicted octanol–water partition coefficient (Wildman–Crippen LogP) is 2.18. The largest absolute Gasteiger partial charge is 0.442 e. The molecule has 1 atom stereocenters. The van der Waals surface area contributed by atoms with Crippen molar-refractivity contribution in [2.24, 2.45) is 0 Å². The molecular formula is C23H25FN8O3. The van der Waals surface area contributed by atoms with Crippen LogP contribution in [0.4, 0.5) is 20.6 Å². The fourth-order valence-corrected chi connectivity index (χ4v) is 4.50. The lowest BCUT2D eigenvalue weighted by Crippen LogP contribution is -2.36. The number of hydrogen-bond acceptors (Lipinski definition) is 8. The van der Waals surface area contributed by atoms with Crippen molar-refractivity contribution in [3.05, 3.63) is 48.5 Å². The highest BCUT2D eigenvalue weighted by molar-refractivity contribution is 5.90. The van der Waals surface area contributed by atoms with Crippen LogP contribution in [0.3, 0.4) is 0 Å². The van der Waals surface area contributed by atoms with Gasteiger partial charge in [-0.15, -0.1) is 5.10 Å². The van der Waals surface area contributed by atoms with Gasteiger partial charge in [0.1, 0.15) is 11.9 Å². The Morgan fingerprint density at radius 2 is 1.97 bits per heavy atom. The summed E-state index contributed by atoms with van der Waals surface area (Å²) in [7, 11) is 0. The van der Waals surface area contributed by atoms with E-state index in [-0.39, 0.29) is 25.0 Å². The lowest BCUT2D eigenvalue weighted by atomic mass is 10.0. The number of ether oxygens (including phenoxy) is 1. The van der Waals surface area contributed by atoms with Gasteiger partial charge >= 0.3 is 6.09 Å². The highest BCUT2D eigenvalue weighted by atomic mass is 19.1. The van der Waals surface area contributed by atoms with Crippen molar-refractivity contribution in [1.29, 1.82) is 0 Å². The maximum Gasteiger partial charge on any atom is 0.414 e. The molecule has 2 aliphatic heterocycles. The number of carbonyl (C=O) groups excluding carboxylic acids is 2. The normalized spacial score (nSPS) is 18.6. The molecule has 2 amide bonds. The minimum atomic E-state index is -0.556. The number of anilines is 2. The second-order valence-electron chi connectivity index (χ2n) is 8.59. The zero-order valence-electron chi connectivity index (χ0n) is 19.2. The second kappa shape index (κ2) is 9.65. The molecule has 182 valence electrons. The molecule has 0 aliphatic carbocycles. The summed E-state index contributed by atoms with van der Waals surface area (Å²) in [4.78, 5) is 30.8. The molecule has 12 heteroatoms. The van der Waals surface area contributed by atoms with Crippen LogP contribution in [0, 0.1) is 5.82 Å². The molecule has 11 nitrogen and oxygen atoms in total. The fraction of sp³-hybridized carbons (Fsp3) is 0.391. The molecule has 2 aromatic heterocycles. The smallest absolute Gasteiger partial charge is 0.414 e. The summed E-state index contributed by atoms with van der Waals surface area (Å²) in [5, 5.41) is 14.8. The Kier molecular flexibility index (Phi) is 6.25. The summed E-state index contributed by atoms with van der Waals surface area (Å²) in [6.45, 7) is 3.14. The van der Waals surface area contributed by atoms with E-state index in [1.54, 1.807) is 24.5 Å². The number of pyridine rings is 1. The quantitative estimate of drug-likeness (QED) is 0.570. The van der Waals surface area contributed by atoms with Crippen LogP contribution in [0.1, 0.15) is 25.8 Å². The van der Waals surface area contributed by atoms with Gasteiger partial charge < -0.3 is 15.0 Å². The number of cyclic esters (lactones) is 1. The van der Waals surface area contributed by atoms with E-state index in [1.807, 2.05) is 21.7 Å². The van der Waals surface area contributed by atoms with E-state index in [4.69, 9.17) is 4.74 Å². The zero-order valence-corrected chi connectivity index (χ0v) is 19.2. The maximum absolute atomic E-state index is 15.1. The average Bonchev–Trinajstić information content (AvgIpc) is 3.50. The number of tetrazole rings is 1. The summed E-state index contributed by atoms with van der Waals surface area (Å²) in [5.74, 6) is 0.0852. The van der Waals surface area contributed by atoms with Gasteiger partial charge in [0.2, 0.25) is 5.91 Å². The van der Waals surface area contributed by atoms with Gasteiger partial charge in [0.05, 0.1) is 30.5 Å². The number of aromatic nitrogens is 5. The first-order valence-corrected chi connectivity index (χ1v) is 11.4. The molecule has 2 fully saturated rings. The van der Waals surface area contributed by atoms with Crippen molar-refractivity contribution >= 4 is 23.4 Å². The molecule has 5 rings (SSSR count). The highest BCUT2D eigenvalue weighted by Crippen LogP contribution is 2.32. The van der Waals surface area contributed by atoms with Crippen molar-refractivity contribution in [3.8, 4) is 11.4 Å². The first kappa shape index (κ1) is 22.7. The van der Waals surface area contributed by atoms with Crippen LogP contribution in [0.5, 0.6) is 0 Å². The van der Waals surface area contributed by atoms with Crippen LogP contribution < -0.4 is 15.1 Å². The Bertz CT molecular complexity index is 1210. The van der Waals surface area contributed by atoms with Crippen molar-refractivity contribution in [2.75, 3.05) is 36.0 Å². The van der Waals surface area contributed by atoms with Gasteiger partial charge in [-0.1, -0.05) is 0 Å². The van der Waals surface area contributed by atoms with Crippen LogP contribution in [-0.2, 0) is 9.53 Å². The van der Waals surface area contributed by atoms with Crippen LogP contribution >= 0.6 is 0 Å². The molecule has 3 aromatic rings. The van der Waals surface area contributed by atoms with Crippen LogP contribution in [0.15, 0.2) is 42.7 Å². The van der Waals surface area contributed by atoms with E-state index in [9.17, 15) is 9.59 Å². The molecule has 35 heavy (non-hydrogen) atoms. The Morgan fingerprint density at radius 3 is 2.69 bits per heavy atom. The summed E-state index contributed by atoms with van der Waals surface area (Å²) < 4.78 is 22.2. The summed E-state index contributed by atoms with van der Waals surface area (Å²) in [6, 6.07) is 8.60. The van der Waals surface area contributed by atoms with Gasteiger partial charge in [0.25, 0.3) is 0 Å². The number of nitrogens with one attached hydrogen (secondary N) is 1. The van der Waals surface area contributed by atoms with E-state index >= 15 is 4.39 Å². The second-order valence-corrected chi connectivity index (χ2v) is 8.59. The molecule has 0 bridgehead atoms. The minimum Gasteiger partial charge on any atom is -0.442 e. The number of halogens is 1. The van der Waals surface area contributed by atoms with Crippen LogP contribution in [-0.4, -0.2) is 69.5 Å². The minimum absolute atomic E-state index is 0.103. The first-order valence-electron chi connectivity index (χ1n) is 11.4. The van der Waals surface area contributed by atoms with Gasteiger partial charge in [-0.05, 0) is 53.6 Å². The molecule has 1 N–H and O–H groups in total. The third-order valence-corrected chi connectivity index (χ3v) is 6.28. The Hall–Kier alpha value is -4.09. The lowest BCUT2D eigenvalue weighted by molar-refractivity contribution is -0.119. The highest BCUT2D eigenvalue weighted by Gasteiger charge is 2.33. The van der Waals surface area contributed by atoms with Gasteiger partial charge in [0, 0.05) is 38.0 Å². The molecular weight excluding hydrogens is 455 g/mol. The monoisotopic (exact) mass is 480 g/mol. The van der Waals surface area contributed by atoms with E-state index in [1.165, 1.54) is 17.9 Å². The molecule has 0 saturated carbocycles. The van der Waals surface area contributed by atoms with E-state index in [2.05, 4.69) is 25.8 Å². The Labute approximate surface area is 200 Å². The van der Waals surface area contributed by atoms with Gasteiger partial charge in [-0.25, -0.2) is 13.9 Å². The molecule has 4 heterocycles. The van der Waals surface area contributed by atoms with Crippen molar-refractivity contribution in [3.63, 3.8) is 0 Å². The number of nitrogens with zero attached hydrogens (tertiary/aromatic N) is 7. The fourth-order valence-electron chi connectivity index (χ4n) is 4.50. The zero-order chi connectivity index (χ0) is 24.4. The molecule has 0 radical (unpaired) electrons. The van der Waals surface area contributed by atoms with Crippen molar-refractivity contribution in [2.45, 2.75) is 31.9 Å². The molecule has 2 aliphatic rings. The Morgan fingerprint density at radius 1 is 1.20 bits per heavy atom. The number of piperidine rings is 1. The third kappa shape index (κ3) is 4.77. The number of amides is 2. The van der Waals surface area contributed by atoms with Gasteiger partial charge in [0.15, 0.2) is 5.82 Å². The van der Waals surface area contributed by atoms with Gasteiger partial charge in [-0.2, -0.15) is 0 Å². The van der Waals surface area contributed by atoms with Crippen molar-refractivity contribution in [1.82, 2.24) is 30.5 Å². The van der Waals surface area contributed by atoms with Gasteiger partial charge in [-0.3, -0.25) is 14.7 Å². The van der Waals surface area contributed by atoms with E-state index in [0.29, 0.717) is 30.3 Å². The average molecular weight is 481 g/mol. The molecule has 2 saturated heterocycles. The summed E-state index contributed by atoms with van der Waals surface area (Å²) in [5.41, 5.74) is 1.81.